The van der Waals surface area contributed by atoms with Crippen LogP contribution in [0.1, 0.15) is 155 Å². The van der Waals surface area contributed by atoms with E-state index in [0.29, 0.717) is 0 Å². The van der Waals surface area contributed by atoms with Gasteiger partial charge in [-0.05, 0) is 12.8 Å². The van der Waals surface area contributed by atoms with E-state index in [1.54, 1.807) is 0 Å². The Labute approximate surface area is 191 Å². The molecule has 0 saturated carbocycles. The maximum absolute atomic E-state index is 3.67. The summed E-state index contributed by atoms with van der Waals surface area (Å²) in [5, 5.41) is 0. The Morgan fingerprint density at radius 3 is 1.07 bits per heavy atom. The van der Waals surface area contributed by atoms with Crippen LogP contribution in [0.15, 0.2) is 37.0 Å². The average molecular weight is 417 g/mol. The lowest BCUT2D eigenvalue weighted by Gasteiger charge is -2.04. The minimum Gasteiger partial charge on any atom is -0.0991 e. The summed E-state index contributed by atoms with van der Waals surface area (Å²) in [6, 6.07) is 0. The zero-order chi connectivity index (χ0) is 21.8. The minimum atomic E-state index is 1.22. The van der Waals surface area contributed by atoms with E-state index in [1.165, 1.54) is 148 Å². The van der Waals surface area contributed by atoms with Crippen LogP contribution in [0.5, 0.6) is 0 Å². The summed E-state index contributed by atoms with van der Waals surface area (Å²) >= 11 is 0. The lowest BCUT2D eigenvalue weighted by molar-refractivity contribution is 0.519. The van der Waals surface area contributed by atoms with Gasteiger partial charge in [-0.15, -0.1) is 0 Å². The standard InChI is InChI=1S/C30H56/c1-3-5-7-9-11-13-15-17-19-21-23-25-27-29-30-28-26-24-22-20-18-16-14-12-10-8-6-4-2/h3,5,7,9,11H,1,4,6,8,10,12-30H2,2H3. The Morgan fingerprint density at radius 2 is 0.733 bits per heavy atom. The fourth-order valence-corrected chi connectivity index (χ4v) is 4.19. The lowest BCUT2D eigenvalue weighted by atomic mass is 10.0. The SMILES string of the molecule is C=CC=CC=CCCCCCCCCCCCCCCCCCCCCCCCC. The Balaban J connectivity index is 3.04. The molecular formula is C30H56. The highest BCUT2D eigenvalue weighted by molar-refractivity contribution is 5.08. The van der Waals surface area contributed by atoms with Crippen LogP contribution < -0.4 is 0 Å². The highest BCUT2D eigenvalue weighted by atomic mass is 14.0. The number of unbranched alkanes of at least 4 members (excludes halogenated alkanes) is 22. The molecule has 0 aromatic carbocycles. The van der Waals surface area contributed by atoms with Gasteiger partial charge in [0.1, 0.15) is 0 Å². The van der Waals surface area contributed by atoms with E-state index in [-0.39, 0.29) is 0 Å². The van der Waals surface area contributed by atoms with Gasteiger partial charge in [-0.3, -0.25) is 0 Å². The topological polar surface area (TPSA) is 0 Å². The monoisotopic (exact) mass is 416 g/mol. The van der Waals surface area contributed by atoms with Gasteiger partial charge in [0.2, 0.25) is 0 Å². The van der Waals surface area contributed by atoms with Crippen molar-refractivity contribution >= 4 is 0 Å². The molecule has 0 unspecified atom stereocenters. The summed E-state index contributed by atoms with van der Waals surface area (Å²) in [5.74, 6) is 0. The molecule has 0 aliphatic carbocycles. The van der Waals surface area contributed by atoms with Crippen LogP contribution in [0.3, 0.4) is 0 Å². The molecule has 0 N–H and O–H groups in total. The van der Waals surface area contributed by atoms with Crippen LogP contribution >= 0.6 is 0 Å². The Bertz CT molecular complexity index is 362. The Kier molecular flexibility index (Phi) is 27.5. The summed E-state index contributed by atoms with van der Waals surface area (Å²) in [7, 11) is 0. The molecule has 0 atom stereocenters. The molecule has 0 radical (unpaired) electrons. The van der Waals surface area contributed by atoms with Crippen molar-refractivity contribution in [1.29, 1.82) is 0 Å². The normalized spacial score (nSPS) is 11.8. The largest absolute Gasteiger partial charge is 0.0991 e. The summed E-state index contributed by atoms with van der Waals surface area (Å²) in [5.41, 5.74) is 0. The molecule has 0 rings (SSSR count). The Morgan fingerprint density at radius 1 is 0.400 bits per heavy atom. The van der Waals surface area contributed by atoms with Crippen molar-refractivity contribution in [1.82, 2.24) is 0 Å². The maximum Gasteiger partial charge on any atom is -0.0348 e. The van der Waals surface area contributed by atoms with Crippen molar-refractivity contribution in [3.8, 4) is 0 Å². The third-order valence-corrected chi connectivity index (χ3v) is 6.22. The van der Waals surface area contributed by atoms with Crippen molar-refractivity contribution < 1.29 is 0 Å². The molecule has 0 amide bonds. The zero-order valence-electron chi connectivity index (χ0n) is 20.9. The van der Waals surface area contributed by atoms with Gasteiger partial charge in [0.25, 0.3) is 0 Å². The van der Waals surface area contributed by atoms with E-state index >= 15 is 0 Å². The number of hydrogen-bond acceptors (Lipinski definition) is 0. The molecule has 0 aliphatic heterocycles. The molecule has 0 aliphatic rings. The molecule has 0 fully saturated rings. The molecule has 0 aromatic rings. The van der Waals surface area contributed by atoms with Crippen molar-refractivity contribution in [2.24, 2.45) is 0 Å². The summed E-state index contributed by atoms with van der Waals surface area (Å²) in [6.07, 6.45) is 43.5. The van der Waals surface area contributed by atoms with Gasteiger partial charge in [0.05, 0.1) is 0 Å². The van der Waals surface area contributed by atoms with Crippen molar-refractivity contribution in [3.63, 3.8) is 0 Å². The molecular weight excluding hydrogens is 360 g/mol. The second kappa shape index (κ2) is 28.2. The molecule has 0 nitrogen and oxygen atoms in total. The van der Waals surface area contributed by atoms with Crippen LogP contribution in [-0.2, 0) is 0 Å². The molecule has 0 spiro atoms. The number of allylic oxidation sites excluding steroid dienone is 5. The van der Waals surface area contributed by atoms with Crippen molar-refractivity contribution in [2.75, 3.05) is 0 Å². The van der Waals surface area contributed by atoms with Crippen molar-refractivity contribution in [2.45, 2.75) is 155 Å². The quantitative estimate of drug-likeness (QED) is 0.102. The highest BCUT2D eigenvalue weighted by Gasteiger charge is 1.95. The molecule has 30 heavy (non-hydrogen) atoms. The van der Waals surface area contributed by atoms with Crippen LogP contribution in [0, 0.1) is 0 Å². The third-order valence-electron chi connectivity index (χ3n) is 6.22. The predicted molar refractivity (Wildman–Crippen MR) is 140 cm³/mol. The first kappa shape index (κ1) is 29.2. The van der Waals surface area contributed by atoms with E-state index in [0.717, 1.165) is 0 Å². The maximum atomic E-state index is 3.67. The number of hydrogen-bond donors (Lipinski definition) is 0. The summed E-state index contributed by atoms with van der Waals surface area (Å²) in [6.45, 7) is 5.97. The van der Waals surface area contributed by atoms with E-state index in [1.807, 2.05) is 12.2 Å². The molecule has 0 heteroatoms. The van der Waals surface area contributed by atoms with E-state index in [9.17, 15) is 0 Å². The highest BCUT2D eigenvalue weighted by Crippen LogP contribution is 2.15. The van der Waals surface area contributed by atoms with E-state index in [2.05, 4.69) is 31.7 Å². The summed E-state index contributed by atoms with van der Waals surface area (Å²) < 4.78 is 0. The molecule has 0 heterocycles. The average Bonchev–Trinajstić information content (AvgIpc) is 2.76. The Hall–Kier alpha value is -0.780. The fourth-order valence-electron chi connectivity index (χ4n) is 4.19. The van der Waals surface area contributed by atoms with E-state index in [4.69, 9.17) is 0 Å². The van der Waals surface area contributed by atoms with Crippen LogP contribution in [-0.4, -0.2) is 0 Å². The van der Waals surface area contributed by atoms with Crippen LogP contribution in [0.4, 0.5) is 0 Å². The van der Waals surface area contributed by atoms with E-state index < -0.39 is 0 Å². The fraction of sp³-hybridized carbons (Fsp3) is 0.800. The third kappa shape index (κ3) is 27.2. The minimum absolute atomic E-state index is 1.22. The van der Waals surface area contributed by atoms with Gasteiger partial charge < -0.3 is 0 Å². The van der Waals surface area contributed by atoms with Gasteiger partial charge in [-0.1, -0.05) is 179 Å². The van der Waals surface area contributed by atoms with Gasteiger partial charge >= 0.3 is 0 Å². The second-order valence-electron chi connectivity index (χ2n) is 9.26. The zero-order valence-corrected chi connectivity index (χ0v) is 20.9. The van der Waals surface area contributed by atoms with Gasteiger partial charge in [0, 0.05) is 0 Å². The van der Waals surface area contributed by atoms with Crippen LogP contribution in [0.25, 0.3) is 0 Å². The smallest absolute Gasteiger partial charge is 0.0348 e. The molecule has 176 valence electrons. The molecule has 0 saturated heterocycles. The van der Waals surface area contributed by atoms with Crippen molar-refractivity contribution in [3.05, 3.63) is 37.0 Å². The first-order chi connectivity index (χ1) is 14.9. The number of rotatable bonds is 25. The first-order valence-corrected chi connectivity index (χ1v) is 13.9. The van der Waals surface area contributed by atoms with Gasteiger partial charge in [-0.2, -0.15) is 0 Å². The molecule has 0 aromatic heterocycles. The first-order valence-electron chi connectivity index (χ1n) is 13.9. The second-order valence-corrected chi connectivity index (χ2v) is 9.26. The lowest BCUT2D eigenvalue weighted by Crippen LogP contribution is -1.84. The summed E-state index contributed by atoms with van der Waals surface area (Å²) in [4.78, 5) is 0. The molecule has 0 bridgehead atoms. The van der Waals surface area contributed by atoms with Gasteiger partial charge in [0.15, 0.2) is 0 Å². The van der Waals surface area contributed by atoms with Gasteiger partial charge in [-0.25, -0.2) is 0 Å². The van der Waals surface area contributed by atoms with Crippen LogP contribution in [0.2, 0.25) is 0 Å². The predicted octanol–water partition coefficient (Wildman–Crippen LogP) is 11.3.